The number of nitrogens with zero attached hydrogens (tertiary/aromatic N) is 4. The molecule has 19 heavy (non-hydrogen) atoms. The summed E-state index contributed by atoms with van der Waals surface area (Å²) in [7, 11) is 1.81. The number of hydrogen-bond acceptors (Lipinski definition) is 3. The Balaban J connectivity index is 2.16. The fourth-order valence-corrected chi connectivity index (χ4v) is 1.99. The lowest BCUT2D eigenvalue weighted by Gasteiger charge is -2.14. The predicted molar refractivity (Wildman–Crippen MR) is 73.3 cm³/mol. The van der Waals surface area contributed by atoms with E-state index in [1.54, 1.807) is 22.5 Å². The van der Waals surface area contributed by atoms with Crippen molar-refractivity contribution >= 4 is 23.2 Å². The lowest BCUT2D eigenvalue weighted by atomic mass is 10.3. The van der Waals surface area contributed by atoms with Crippen molar-refractivity contribution in [3.63, 3.8) is 0 Å². The van der Waals surface area contributed by atoms with Crippen LogP contribution >= 0.6 is 11.6 Å². The molecule has 0 aromatic carbocycles. The number of nitrogens with one attached hydrogen (secondary N) is 1. The summed E-state index contributed by atoms with van der Waals surface area (Å²) in [6.45, 7) is 5.45. The van der Waals surface area contributed by atoms with Crippen molar-refractivity contribution in [1.82, 2.24) is 19.6 Å². The molecule has 0 unspecified atom stereocenters. The minimum atomic E-state index is -0.438. The third-order valence-electron chi connectivity index (χ3n) is 3.00. The molecular weight excluding hydrogens is 266 g/mol. The SMILES string of the molecule is Cc1nn(C)cc1NC(=O)[C@H](C)n1ncc(Cl)c1C. The Bertz CT molecular complexity index is 616. The summed E-state index contributed by atoms with van der Waals surface area (Å²) in [6.07, 6.45) is 3.30. The van der Waals surface area contributed by atoms with Crippen LogP contribution in [-0.2, 0) is 11.8 Å². The van der Waals surface area contributed by atoms with E-state index < -0.39 is 6.04 Å². The lowest BCUT2D eigenvalue weighted by molar-refractivity contribution is -0.119. The molecule has 0 aliphatic rings. The molecule has 0 bridgehead atoms. The van der Waals surface area contributed by atoms with Gasteiger partial charge in [-0.1, -0.05) is 11.6 Å². The molecule has 2 rings (SSSR count). The highest BCUT2D eigenvalue weighted by atomic mass is 35.5. The van der Waals surface area contributed by atoms with Crippen molar-refractivity contribution in [1.29, 1.82) is 0 Å². The van der Waals surface area contributed by atoms with Crippen molar-refractivity contribution in [2.75, 3.05) is 5.32 Å². The average Bonchev–Trinajstić information content (AvgIpc) is 2.83. The van der Waals surface area contributed by atoms with E-state index in [1.165, 1.54) is 6.20 Å². The van der Waals surface area contributed by atoms with E-state index in [0.29, 0.717) is 10.7 Å². The smallest absolute Gasteiger partial charge is 0.249 e. The number of carbonyl (C=O) groups excluding carboxylic acids is 1. The molecule has 0 radical (unpaired) electrons. The summed E-state index contributed by atoms with van der Waals surface area (Å²) in [6, 6.07) is -0.438. The standard InChI is InChI=1S/C12H16ClN5O/c1-7-11(6-17(4)16-7)15-12(19)9(3)18-8(2)10(13)5-14-18/h5-6,9H,1-4H3,(H,15,19)/t9-/m0/s1. The van der Waals surface area contributed by atoms with Gasteiger partial charge in [-0.3, -0.25) is 14.2 Å². The molecule has 0 saturated heterocycles. The lowest BCUT2D eigenvalue weighted by Crippen LogP contribution is -2.25. The molecule has 0 fully saturated rings. The minimum absolute atomic E-state index is 0.154. The van der Waals surface area contributed by atoms with E-state index >= 15 is 0 Å². The summed E-state index contributed by atoms with van der Waals surface area (Å²) in [5, 5.41) is 11.7. The van der Waals surface area contributed by atoms with Crippen LogP contribution in [0.1, 0.15) is 24.4 Å². The molecule has 1 atom stereocenters. The van der Waals surface area contributed by atoms with E-state index in [1.807, 2.05) is 20.9 Å². The van der Waals surface area contributed by atoms with Crippen molar-refractivity contribution in [2.24, 2.45) is 7.05 Å². The molecule has 0 saturated carbocycles. The fourth-order valence-electron chi connectivity index (χ4n) is 1.86. The second-order valence-electron chi connectivity index (χ2n) is 4.49. The van der Waals surface area contributed by atoms with Crippen LogP contribution in [0.3, 0.4) is 0 Å². The molecule has 6 nitrogen and oxygen atoms in total. The fraction of sp³-hybridized carbons (Fsp3) is 0.417. The molecule has 1 amide bonds. The van der Waals surface area contributed by atoms with Gasteiger partial charge < -0.3 is 5.32 Å². The number of amides is 1. The van der Waals surface area contributed by atoms with Gasteiger partial charge >= 0.3 is 0 Å². The van der Waals surface area contributed by atoms with Crippen molar-refractivity contribution in [3.05, 3.63) is 28.8 Å². The quantitative estimate of drug-likeness (QED) is 0.937. The van der Waals surface area contributed by atoms with E-state index in [9.17, 15) is 4.79 Å². The molecular formula is C12H16ClN5O. The number of halogens is 1. The molecule has 102 valence electrons. The van der Waals surface area contributed by atoms with Crippen molar-refractivity contribution < 1.29 is 4.79 Å². The topological polar surface area (TPSA) is 64.7 Å². The maximum Gasteiger partial charge on any atom is 0.249 e. The molecule has 2 aromatic rings. The summed E-state index contributed by atoms with van der Waals surface area (Å²) in [5.74, 6) is -0.154. The van der Waals surface area contributed by atoms with Crippen LogP contribution in [0, 0.1) is 13.8 Å². The number of hydrogen-bond donors (Lipinski definition) is 1. The van der Waals surface area contributed by atoms with Crippen molar-refractivity contribution in [3.8, 4) is 0 Å². The monoisotopic (exact) mass is 281 g/mol. The molecule has 0 spiro atoms. The van der Waals surface area contributed by atoms with Gasteiger partial charge in [-0.05, 0) is 20.8 Å². The second kappa shape index (κ2) is 5.05. The highest BCUT2D eigenvalue weighted by Crippen LogP contribution is 2.19. The Labute approximate surface area is 116 Å². The van der Waals surface area contributed by atoms with Crippen LogP contribution in [0.5, 0.6) is 0 Å². The number of carbonyl (C=O) groups is 1. The normalized spacial score (nSPS) is 12.5. The van der Waals surface area contributed by atoms with E-state index in [4.69, 9.17) is 11.6 Å². The zero-order valence-electron chi connectivity index (χ0n) is 11.3. The van der Waals surface area contributed by atoms with Gasteiger partial charge in [0.15, 0.2) is 0 Å². The number of aryl methyl sites for hydroxylation is 2. The van der Waals surface area contributed by atoms with E-state index in [0.717, 1.165) is 11.4 Å². The van der Waals surface area contributed by atoms with Gasteiger partial charge in [-0.25, -0.2) is 0 Å². The van der Waals surface area contributed by atoms with Gasteiger partial charge in [0.25, 0.3) is 0 Å². The second-order valence-corrected chi connectivity index (χ2v) is 4.90. The zero-order chi connectivity index (χ0) is 14.2. The van der Waals surface area contributed by atoms with Crippen LogP contribution in [0.4, 0.5) is 5.69 Å². The highest BCUT2D eigenvalue weighted by molar-refractivity contribution is 6.31. The molecule has 0 aliphatic heterocycles. The molecule has 2 aromatic heterocycles. The maximum atomic E-state index is 12.2. The summed E-state index contributed by atoms with van der Waals surface area (Å²) < 4.78 is 3.26. The van der Waals surface area contributed by atoms with Gasteiger partial charge in [0, 0.05) is 13.2 Å². The first-order valence-corrected chi connectivity index (χ1v) is 6.28. The largest absolute Gasteiger partial charge is 0.321 e. The first-order valence-electron chi connectivity index (χ1n) is 5.91. The summed E-state index contributed by atoms with van der Waals surface area (Å²) in [5.41, 5.74) is 2.25. The Morgan fingerprint density at radius 1 is 1.47 bits per heavy atom. The Hall–Kier alpha value is -1.82. The number of rotatable bonds is 3. The van der Waals surface area contributed by atoms with Gasteiger partial charge in [-0.15, -0.1) is 0 Å². The van der Waals surface area contributed by atoms with Crippen LogP contribution < -0.4 is 5.32 Å². The molecule has 1 N–H and O–H groups in total. The van der Waals surface area contributed by atoms with Gasteiger partial charge in [0.2, 0.25) is 5.91 Å². The third kappa shape index (κ3) is 2.63. The first-order chi connectivity index (χ1) is 8.90. The van der Waals surface area contributed by atoms with Crippen LogP contribution in [-0.4, -0.2) is 25.5 Å². The maximum absolute atomic E-state index is 12.2. The highest BCUT2D eigenvalue weighted by Gasteiger charge is 2.19. The molecule has 0 aliphatic carbocycles. The number of anilines is 1. The summed E-state index contributed by atoms with van der Waals surface area (Å²) >= 11 is 5.94. The number of aromatic nitrogens is 4. The Kier molecular flexibility index (Phi) is 3.61. The summed E-state index contributed by atoms with van der Waals surface area (Å²) in [4.78, 5) is 12.2. The molecule has 7 heteroatoms. The van der Waals surface area contributed by atoms with Gasteiger partial charge in [0.1, 0.15) is 6.04 Å². The average molecular weight is 282 g/mol. The van der Waals surface area contributed by atoms with Crippen LogP contribution in [0.2, 0.25) is 5.02 Å². The Morgan fingerprint density at radius 2 is 2.16 bits per heavy atom. The molecule has 2 heterocycles. The van der Waals surface area contributed by atoms with Crippen LogP contribution in [0.25, 0.3) is 0 Å². The Morgan fingerprint density at radius 3 is 2.63 bits per heavy atom. The zero-order valence-corrected chi connectivity index (χ0v) is 12.1. The van der Waals surface area contributed by atoms with Crippen LogP contribution in [0.15, 0.2) is 12.4 Å². The van der Waals surface area contributed by atoms with Gasteiger partial charge in [-0.2, -0.15) is 10.2 Å². The minimum Gasteiger partial charge on any atom is -0.321 e. The first kappa shape index (κ1) is 13.6. The van der Waals surface area contributed by atoms with Crippen molar-refractivity contribution in [2.45, 2.75) is 26.8 Å². The van der Waals surface area contributed by atoms with E-state index in [2.05, 4.69) is 15.5 Å². The van der Waals surface area contributed by atoms with E-state index in [-0.39, 0.29) is 5.91 Å². The van der Waals surface area contributed by atoms with Gasteiger partial charge in [0.05, 0.1) is 28.3 Å². The third-order valence-corrected chi connectivity index (χ3v) is 3.37. The predicted octanol–water partition coefficient (Wildman–Crippen LogP) is 2.09.